The quantitative estimate of drug-likeness (QED) is 0.603. The van der Waals surface area contributed by atoms with E-state index in [1.165, 1.54) is 13.0 Å². The van der Waals surface area contributed by atoms with Gasteiger partial charge in [0.15, 0.2) is 18.2 Å². The van der Waals surface area contributed by atoms with Crippen LogP contribution < -0.4 is 15.8 Å². The van der Waals surface area contributed by atoms with Gasteiger partial charge in [-0.25, -0.2) is 9.78 Å². The fourth-order valence-electron chi connectivity index (χ4n) is 2.77. The van der Waals surface area contributed by atoms with Gasteiger partial charge in [0.25, 0.3) is 0 Å². The molecule has 8 nitrogen and oxygen atoms in total. The third-order valence-electron chi connectivity index (χ3n) is 3.89. The van der Waals surface area contributed by atoms with Gasteiger partial charge in [-0.3, -0.25) is 9.59 Å². The van der Waals surface area contributed by atoms with Crippen molar-refractivity contribution in [3.05, 3.63) is 35.4 Å². The van der Waals surface area contributed by atoms with Crippen molar-refractivity contribution in [2.24, 2.45) is 0 Å². The number of hydrogen-bond acceptors (Lipinski definition) is 7. The van der Waals surface area contributed by atoms with E-state index in [4.69, 9.17) is 15.6 Å². The van der Waals surface area contributed by atoms with Crippen molar-refractivity contribution in [1.29, 1.82) is 0 Å². The molecule has 1 heterocycles. The predicted octanol–water partition coefficient (Wildman–Crippen LogP) is 2.63. The molecule has 0 unspecified atom stereocenters. The lowest BCUT2D eigenvalue weighted by atomic mass is 9.90. The summed E-state index contributed by atoms with van der Waals surface area (Å²) < 4.78 is 5.33. The van der Waals surface area contributed by atoms with Crippen LogP contribution in [-0.4, -0.2) is 41.3 Å². The Bertz CT molecular complexity index is 908. The number of anilines is 2. The van der Waals surface area contributed by atoms with Gasteiger partial charge in [0, 0.05) is 30.8 Å². The number of aliphatic carboxylic acids is 1. The van der Waals surface area contributed by atoms with Gasteiger partial charge in [-0.15, -0.1) is 0 Å². The summed E-state index contributed by atoms with van der Waals surface area (Å²) >= 11 is 0. The van der Waals surface area contributed by atoms with Crippen molar-refractivity contribution in [3.63, 3.8) is 0 Å². The topological polar surface area (TPSA) is 132 Å². The fraction of sp³-hybridized carbons (Fsp3) is 0.263. The number of carbonyl (C=O) groups is 3. The van der Waals surface area contributed by atoms with Crippen LogP contribution in [0.1, 0.15) is 41.0 Å². The number of carbonyl (C=O) groups excluding carboxylic acids is 2. The van der Waals surface area contributed by atoms with Crippen LogP contribution in [0.5, 0.6) is 5.75 Å². The van der Waals surface area contributed by atoms with E-state index in [9.17, 15) is 14.4 Å². The second-order valence-corrected chi connectivity index (χ2v) is 5.76. The second-order valence-electron chi connectivity index (χ2n) is 5.76. The maximum atomic E-state index is 12.7. The maximum absolute atomic E-state index is 12.7. The number of nitrogens with zero attached hydrogens (tertiary/aromatic N) is 1. The summed E-state index contributed by atoms with van der Waals surface area (Å²) in [5.74, 6) is -1.50. The molecule has 27 heavy (non-hydrogen) atoms. The zero-order valence-corrected chi connectivity index (χ0v) is 15.3. The predicted molar refractivity (Wildman–Crippen MR) is 101 cm³/mol. The molecular formula is C19H21N3O5. The van der Waals surface area contributed by atoms with Crippen LogP contribution >= 0.6 is 0 Å². The number of pyridine rings is 1. The van der Waals surface area contributed by atoms with E-state index in [-0.39, 0.29) is 46.2 Å². The highest BCUT2D eigenvalue weighted by molar-refractivity contribution is 6.14. The van der Waals surface area contributed by atoms with Crippen molar-refractivity contribution in [1.82, 2.24) is 4.98 Å². The van der Waals surface area contributed by atoms with Crippen LogP contribution in [0.3, 0.4) is 0 Å². The average Bonchev–Trinajstić information content (AvgIpc) is 2.63. The number of nitrogens with two attached hydrogens (primary N) is 1. The van der Waals surface area contributed by atoms with E-state index in [0.29, 0.717) is 11.4 Å². The molecule has 0 atom stereocenters. The van der Waals surface area contributed by atoms with Crippen molar-refractivity contribution in [2.75, 3.05) is 24.7 Å². The summed E-state index contributed by atoms with van der Waals surface area (Å²) in [4.78, 5) is 40.3. The van der Waals surface area contributed by atoms with Gasteiger partial charge in [0.05, 0.1) is 16.8 Å². The van der Waals surface area contributed by atoms with E-state index in [1.54, 1.807) is 32.2 Å². The number of nitrogen functional groups attached to an aromatic ring is 1. The van der Waals surface area contributed by atoms with Crippen molar-refractivity contribution in [2.45, 2.75) is 20.3 Å². The van der Waals surface area contributed by atoms with Gasteiger partial charge in [-0.05, 0) is 19.1 Å². The van der Waals surface area contributed by atoms with Crippen LogP contribution in [0, 0.1) is 0 Å². The van der Waals surface area contributed by atoms with Crippen LogP contribution in [0.4, 0.5) is 11.5 Å². The van der Waals surface area contributed by atoms with Gasteiger partial charge < -0.3 is 20.9 Å². The lowest BCUT2D eigenvalue weighted by Gasteiger charge is -2.20. The Kier molecular flexibility index (Phi) is 6.12. The van der Waals surface area contributed by atoms with Crippen LogP contribution in [-0.2, 0) is 4.79 Å². The van der Waals surface area contributed by atoms with Crippen LogP contribution in [0.25, 0.3) is 11.3 Å². The maximum Gasteiger partial charge on any atom is 0.341 e. The average molecular weight is 371 g/mol. The molecule has 0 aliphatic rings. The molecule has 1 aromatic carbocycles. The van der Waals surface area contributed by atoms with Gasteiger partial charge in [-0.1, -0.05) is 13.0 Å². The molecular weight excluding hydrogens is 350 g/mol. The molecule has 2 aromatic rings. The molecule has 0 saturated heterocycles. The Hall–Kier alpha value is -3.42. The highest BCUT2D eigenvalue weighted by Crippen LogP contribution is 2.39. The number of hydrogen-bond donors (Lipinski definition) is 3. The number of carboxylic acids is 1. The van der Waals surface area contributed by atoms with Crippen molar-refractivity contribution >= 4 is 29.0 Å². The van der Waals surface area contributed by atoms with Crippen molar-refractivity contribution < 1.29 is 24.2 Å². The smallest absolute Gasteiger partial charge is 0.341 e. The molecule has 0 radical (unpaired) electrons. The normalized spacial score (nSPS) is 10.3. The molecule has 142 valence electrons. The molecule has 0 fully saturated rings. The summed E-state index contributed by atoms with van der Waals surface area (Å²) in [7, 11) is 1.62. The standard InChI is InChI=1S/C19H21N3O5/c1-4-13(24)18-12(21-3)8-14(27-9-16(25)26)17(10(2)23)19(18)11-6-5-7-15(20)22-11/h5-8,21H,4,9H2,1-3H3,(H2,20,22)(H,25,26). The van der Waals surface area contributed by atoms with Crippen molar-refractivity contribution in [3.8, 4) is 17.0 Å². The number of Topliss-reactive ketones (excluding diaryl/α,β-unsaturated/α-hetero) is 2. The van der Waals surface area contributed by atoms with Gasteiger partial charge in [-0.2, -0.15) is 0 Å². The number of ketones is 2. The molecule has 0 amide bonds. The minimum atomic E-state index is -1.19. The Morgan fingerprint density at radius 2 is 1.96 bits per heavy atom. The van der Waals surface area contributed by atoms with Gasteiger partial charge in [0.1, 0.15) is 11.6 Å². The summed E-state index contributed by atoms with van der Waals surface area (Å²) in [6.07, 6.45) is 0.205. The number of rotatable bonds is 8. The van der Waals surface area contributed by atoms with E-state index in [2.05, 4.69) is 10.3 Å². The summed E-state index contributed by atoms with van der Waals surface area (Å²) in [6, 6.07) is 6.33. The van der Waals surface area contributed by atoms with Gasteiger partial charge in [0.2, 0.25) is 0 Å². The monoisotopic (exact) mass is 371 g/mol. The molecule has 0 aliphatic carbocycles. The highest BCUT2D eigenvalue weighted by atomic mass is 16.5. The first-order valence-corrected chi connectivity index (χ1v) is 8.30. The Morgan fingerprint density at radius 1 is 1.26 bits per heavy atom. The molecule has 2 rings (SSSR count). The summed E-state index contributed by atoms with van der Waals surface area (Å²) in [6.45, 7) is 2.40. The molecule has 1 aromatic heterocycles. The number of benzene rings is 1. The lowest BCUT2D eigenvalue weighted by molar-refractivity contribution is -0.139. The van der Waals surface area contributed by atoms with E-state index >= 15 is 0 Å². The molecule has 0 aliphatic heterocycles. The molecule has 0 spiro atoms. The Morgan fingerprint density at radius 3 is 2.48 bits per heavy atom. The Labute approximate surface area is 156 Å². The number of aromatic nitrogens is 1. The molecule has 0 bridgehead atoms. The van der Waals surface area contributed by atoms with E-state index in [0.717, 1.165) is 0 Å². The minimum absolute atomic E-state index is 0.0566. The number of ether oxygens (including phenoxy) is 1. The SMILES string of the molecule is CCC(=O)c1c(NC)cc(OCC(=O)O)c(C(C)=O)c1-c1cccc(N)n1. The zero-order chi connectivity index (χ0) is 20.1. The third-order valence-corrected chi connectivity index (χ3v) is 3.89. The molecule has 0 saturated carbocycles. The number of nitrogens with one attached hydrogen (secondary N) is 1. The Balaban J connectivity index is 2.92. The summed E-state index contributed by atoms with van der Waals surface area (Å²) in [5.41, 5.74) is 7.16. The number of carboxylic acid groups (broad SMARTS) is 1. The van der Waals surface area contributed by atoms with E-state index < -0.39 is 12.6 Å². The zero-order valence-electron chi connectivity index (χ0n) is 15.3. The third kappa shape index (κ3) is 4.22. The lowest BCUT2D eigenvalue weighted by Crippen LogP contribution is -2.15. The first-order chi connectivity index (χ1) is 12.8. The van der Waals surface area contributed by atoms with E-state index in [1.807, 2.05) is 0 Å². The fourth-order valence-corrected chi connectivity index (χ4v) is 2.77. The first-order valence-electron chi connectivity index (χ1n) is 8.30. The highest BCUT2D eigenvalue weighted by Gasteiger charge is 2.27. The second kappa shape index (κ2) is 8.31. The molecule has 4 N–H and O–H groups in total. The summed E-state index contributed by atoms with van der Waals surface area (Å²) in [5, 5.41) is 11.8. The first kappa shape index (κ1) is 19.9. The van der Waals surface area contributed by atoms with Crippen LogP contribution in [0.15, 0.2) is 24.3 Å². The molecule has 8 heteroatoms. The minimum Gasteiger partial charge on any atom is -0.481 e. The van der Waals surface area contributed by atoms with Gasteiger partial charge >= 0.3 is 5.97 Å². The van der Waals surface area contributed by atoms with Crippen LogP contribution in [0.2, 0.25) is 0 Å². The largest absolute Gasteiger partial charge is 0.481 e.